The molecule has 0 aliphatic carbocycles. The van der Waals surface area contributed by atoms with Crippen LogP contribution in [0.1, 0.15) is 31.0 Å². The van der Waals surface area contributed by atoms with Gasteiger partial charge in [-0.25, -0.2) is 4.79 Å². The summed E-state index contributed by atoms with van der Waals surface area (Å²) in [6, 6.07) is 5.95. The van der Waals surface area contributed by atoms with E-state index in [2.05, 4.69) is 19.2 Å². The van der Waals surface area contributed by atoms with Crippen LogP contribution in [0.5, 0.6) is 5.75 Å². The van der Waals surface area contributed by atoms with E-state index in [1.54, 1.807) is 7.11 Å². The summed E-state index contributed by atoms with van der Waals surface area (Å²) in [5.41, 5.74) is 1.98. The van der Waals surface area contributed by atoms with Crippen LogP contribution in [0.3, 0.4) is 0 Å². The zero-order chi connectivity index (χ0) is 13.3. The molecule has 18 heavy (non-hydrogen) atoms. The van der Waals surface area contributed by atoms with Crippen molar-refractivity contribution in [2.45, 2.75) is 26.8 Å². The normalized spacial score (nSPS) is 22.0. The molecule has 1 aliphatic heterocycles. The molecule has 0 saturated carbocycles. The zero-order valence-electron chi connectivity index (χ0n) is 11.2. The van der Waals surface area contributed by atoms with Gasteiger partial charge in [0.05, 0.1) is 13.2 Å². The minimum absolute atomic E-state index is 0.0618. The highest BCUT2D eigenvalue weighted by Gasteiger charge is 2.38. The fraction of sp³-hybridized carbons (Fsp3) is 0.500. The molecule has 1 fully saturated rings. The summed E-state index contributed by atoms with van der Waals surface area (Å²) in [6.07, 6.45) is -0.362. The Hall–Kier alpha value is -1.71. The molecule has 1 aromatic carbocycles. The molecule has 1 aromatic rings. The molecule has 98 valence electrons. The lowest BCUT2D eigenvalue weighted by Crippen LogP contribution is -2.46. The number of hydrogen-bond donors (Lipinski definition) is 1. The number of methoxy groups -OCH3 is 1. The van der Waals surface area contributed by atoms with Crippen molar-refractivity contribution < 1.29 is 14.3 Å². The van der Waals surface area contributed by atoms with Gasteiger partial charge in [-0.3, -0.25) is 0 Å². The number of ether oxygens (including phenoxy) is 2. The van der Waals surface area contributed by atoms with Crippen LogP contribution in [0, 0.1) is 12.3 Å². The van der Waals surface area contributed by atoms with Crippen LogP contribution in [-0.2, 0) is 4.74 Å². The van der Waals surface area contributed by atoms with E-state index >= 15 is 0 Å². The van der Waals surface area contributed by atoms with E-state index in [9.17, 15) is 4.79 Å². The first kappa shape index (κ1) is 12.7. The maximum Gasteiger partial charge on any atom is 0.407 e. The third kappa shape index (κ3) is 2.28. The fourth-order valence-electron chi connectivity index (χ4n) is 2.24. The monoisotopic (exact) mass is 249 g/mol. The molecule has 0 unspecified atom stereocenters. The number of aryl methyl sites for hydroxylation is 1. The lowest BCUT2D eigenvalue weighted by Gasteiger charge is -2.38. The largest absolute Gasteiger partial charge is 0.496 e. The van der Waals surface area contributed by atoms with Crippen LogP contribution in [0.4, 0.5) is 4.79 Å². The Kier molecular flexibility index (Phi) is 3.20. The second-order valence-corrected chi connectivity index (χ2v) is 5.37. The summed E-state index contributed by atoms with van der Waals surface area (Å²) in [7, 11) is 1.65. The van der Waals surface area contributed by atoms with E-state index in [1.165, 1.54) is 0 Å². The molecule has 4 nitrogen and oxygen atoms in total. The highest BCUT2D eigenvalue weighted by atomic mass is 16.6. The number of nitrogens with one attached hydrogen (secondary N) is 1. The average molecular weight is 249 g/mol. The first-order valence-corrected chi connectivity index (χ1v) is 6.02. The highest BCUT2D eigenvalue weighted by molar-refractivity contribution is 5.69. The average Bonchev–Trinajstić information content (AvgIpc) is 2.33. The summed E-state index contributed by atoms with van der Waals surface area (Å²) in [6.45, 7) is 6.56. The predicted octanol–water partition coefficient (Wildman–Crippen LogP) is 2.81. The molecular weight excluding hydrogens is 230 g/mol. The first-order chi connectivity index (χ1) is 8.44. The van der Waals surface area contributed by atoms with E-state index in [0.717, 1.165) is 16.9 Å². The molecule has 0 spiro atoms. The third-order valence-corrected chi connectivity index (χ3v) is 3.38. The Bertz CT molecular complexity index is 468. The minimum Gasteiger partial charge on any atom is -0.496 e. The number of cyclic esters (lactones) is 1. The lowest BCUT2D eigenvalue weighted by atomic mass is 9.80. The minimum atomic E-state index is -0.362. The van der Waals surface area contributed by atoms with Crippen molar-refractivity contribution >= 4 is 6.09 Å². The molecule has 1 heterocycles. The van der Waals surface area contributed by atoms with E-state index in [0.29, 0.717) is 6.61 Å². The smallest absolute Gasteiger partial charge is 0.407 e. The molecular formula is C14H19NO3. The van der Waals surface area contributed by atoms with Gasteiger partial charge in [0.15, 0.2) is 0 Å². The van der Waals surface area contributed by atoms with E-state index in [1.807, 2.05) is 25.1 Å². The molecule has 1 aliphatic rings. The summed E-state index contributed by atoms with van der Waals surface area (Å²) >= 11 is 0. The Morgan fingerprint density at radius 2 is 2.17 bits per heavy atom. The van der Waals surface area contributed by atoms with E-state index in [4.69, 9.17) is 9.47 Å². The Balaban J connectivity index is 2.37. The summed E-state index contributed by atoms with van der Waals surface area (Å²) in [5, 5.41) is 2.88. The van der Waals surface area contributed by atoms with Crippen molar-refractivity contribution in [3.8, 4) is 5.75 Å². The number of alkyl carbamates (subject to hydrolysis) is 1. The van der Waals surface area contributed by atoms with Crippen LogP contribution in [0.25, 0.3) is 0 Å². The first-order valence-electron chi connectivity index (χ1n) is 6.02. The maximum absolute atomic E-state index is 11.4. The topological polar surface area (TPSA) is 47.6 Å². The molecule has 4 heteroatoms. The molecule has 0 aromatic heterocycles. The van der Waals surface area contributed by atoms with Gasteiger partial charge < -0.3 is 14.8 Å². The Morgan fingerprint density at radius 1 is 1.44 bits per heavy atom. The second-order valence-electron chi connectivity index (χ2n) is 5.37. The summed E-state index contributed by atoms with van der Waals surface area (Å²) in [4.78, 5) is 11.4. The molecule has 1 saturated heterocycles. The lowest BCUT2D eigenvalue weighted by molar-refractivity contribution is 0.0387. The Morgan fingerprint density at radius 3 is 2.83 bits per heavy atom. The van der Waals surface area contributed by atoms with Crippen LogP contribution in [0.15, 0.2) is 18.2 Å². The van der Waals surface area contributed by atoms with Crippen molar-refractivity contribution in [3.63, 3.8) is 0 Å². The summed E-state index contributed by atoms with van der Waals surface area (Å²) in [5.74, 6) is 0.837. The van der Waals surface area contributed by atoms with Crippen molar-refractivity contribution in [3.05, 3.63) is 29.3 Å². The predicted molar refractivity (Wildman–Crippen MR) is 68.7 cm³/mol. The van der Waals surface area contributed by atoms with Crippen molar-refractivity contribution in [1.29, 1.82) is 0 Å². The number of carbonyl (C=O) groups is 1. The maximum atomic E-state index is 11.4. The van der Waals surface area contributed by atoms with Gasteiger partial charge in [-0.2, -0.15) is 0 Å². The molecule has 0 bridgehead atoms. The van der Waals surface area contributed by atoms with Gasteiger partial charge in [-0.15, -0.1) is 0 Å². The molecule has 1 N–H and O–H groups in total. The van der Waals surface area contributed by atoms with Gasteiger partial charge in [0.25, 0.3) is 0 Å². The van der Waals surface area contributed by atoms with Gasteiger partial charge in [0.1, 0.15) is 12.4 Å². The van der Waals surface area contributed by atoms with Crippen LogP contribution in [-0.4, -0.2) is 19.8 Å². The van der Waals surface area contributed by atoms with Gasteiger partial charge >= 0.3 is 6.09 Å². The second kappa shape index (κ2) is 4.52. The standard InChI is InChI=1S/C14H19NO3/c1-9-5-6-10(7-11(9)17-4)12-14(2,3)8-18-13(16)15-12/h5-7,12H,8H2,1-4H3,(H,15,16)/t12-/m1/s1. The molecule has 2 rings (SSSR count). The fourth-order valence-corrected chi connectivity index (χ4v) is 2.24. The molecule has 0 radical (unpaired) electrons. The number of amides is 1. The van der Waals surface area contributed by atoms with Crippen LogP contribution < -0.4 is 10.1 Å². The number of carbonyl (C=O) groups excluding carboxylic acids is 1. The third-order valence-electron chi connectivity index (χ3n) is 3.38. The van der Waals surface area contributed by atoms with Crippen molar-refractivity contribution in [2.24, 2.45) is 5.41 Å². The van der Waals surface area contributed by atoms with Crippen molar-refractivity contribution in [2.75, 3.05) is 13.7 Å². The van der Waals surface area contributed by atoms with Gasteiger partial charge in [-0.1, -0.05) is 26.0 Å². The quantitative estimate of drug-likeness (QED) is 0.876. The summed E-state index contributed by atoms with van der Waals surface area (Å²) < 4.78 is 10.4. The zero-order valence-corrected chi connectivity index (χ0v) is 11.2. The van der Waals surface area contributed by atoms with Crippen LogP contribution >= 0.6 is 0 Å². The van der Waals surface area contributed by atoms with E-state index < -0.39 is 0 Å². The molecule has 1 amide bonds. The van der Waals surface area contributed by atoms with Gasteiger partial charge in [0, 0.05) is 5.41 Å². The van der Waals surface area contributed by atoms with Gasteiger partial charge in [0.2, 0.25) is 0 Å². The highest BCUT2D eigenvalue weighted by Crippen LogP contribution is 2.37. The number of benzene rings is 1. The van der Waals surface area contributed by atoms with Crippen LogP contribution in [0.2, 0.25) is 0 Å². The molecule has 1 atom stereocenters. The SMILES string of the molecule is COc1cc([C@H]2NC(=O)OCC2(C)C)ccc1C. The van der Waals surface area contributed by atoms with Gasteiger partial charge in [-0.05, 0) is 24.1 Å². The number of rotatable bonds is 2. The van der Waals surface area contributed by atoms with E-state index in [-0.39, 0.29) is 17.6 Å². The number of hydrogen-bond acceptors (Lipinski definition) is 3. The van der Waals surface area contributed by atoms with Crippen molar-refractivity contribution in [1.82, 2.24) is 5.32 Å². The Labute approximate surface area is 107 Å².